The van der Waals surface area contributed by atoms with E-state index in [1.54, 1.807) is 0 Å². The smallest absolute Gasteiger partial charge is 0.141 e. The Morgan fingerprint density at radius 1 is 1.60 bits per heavy atom. The molecule has 3 nitrogen and oxygen atoms in total. The third kappa shape index (κ3) is 0.673. The van der Waals surface area contributed by atoms with Crippen molar-refractivity contribution in [3.63, 3.8) is 0 Å². The van der Waals surface area contributed by atoms with Gasteiger partial charge in [0.1, 0.15) is 17.7 Å². The summed E-state index contributed by atoms with van der Waals surface area (Å²) in [5.41, 5.74) is 0.854. The molecule has 0 unspecified atom stereocenters. The van der Waals surface area contributed by atoms with E-state index in [2.05, 4.69) is 21.1 Å². The molecule has 2 heterocycles. The predicted octanol–water partition coefficient (Wildman–Crippen LogP) is 1.07. The maximum Gasteiger partial charge on any atom is 0.141 e. The van der Waals surface area contributed by atoms with Gasteiger partial charge in [-0.1, -0.05) is 0 Å². The van der Waals surface area contributed by atoms with Crippen LogP contribution >= 0.6 is 0 Å². The van der Waals surface area contributed by atoms with E-state index in [1.807, 2.05) is 19.2 Å². The lowest BCUT2D eigenvalue weighted by atomic mass is 10.4. The monoisotopic (exact) mass is 132 g/mol. The van der Waals surface area contributed by atoms with Crippen molar-refractivity contribution in [3.05, 3.63) is 24.3 Å². The third-order valence-corrected chi connectivity index (χ3v) is 1.34. The van der Waals surface area contributed by atoms with Crippen molar-refractivity contribution in [2.75, 3.05) is 0 Å². The van der Waals surface area contributed by atoms with Crippen molar-refractivity contribution in [1.29, 1.82) is 0 Å². The standard InChI is InChI=1S/C7H6N3/c1-5-9-4-6-2-3-8-7(6)10-5/h2-3H,1H3,(H,8,9,10). The molecule has 1 radical (unpaired) electrons. The van der Waals surface area contributed by atoms with Gasteiger partial charge >= 0.3 is 0 Å². The van der Waals surface area contributed by atoms with Crippen LogP contribution in [0.25, 0.3) is 11.0 Å². The Bertz CT molecular complexity index is 350. The van der Waals surface area contributed by atoms with Crippen LogP contribution in [0.15, 0.2) is 12.3 Å². The summed E-state index contributed by atoms with van der Waals surface area (Å²) >= 11 is 0. The first-order valence-electron chi connectivity index (χ1n) is 3.06. The third-order valence-electron chi connectivity index (χ3n) is 1.34. The molecule has 3 heteroatoms. The van der Waals surface area contributed by atoms with E-state index in [9.17, 15) is 0 Å². The summed E-state index contributed by atoms with van der Waals surface area (Å²) < 4.78 is 0. The van der Waals surface area contributed by atoms with Crippen LogP contribution in [0.5, 0.6) is 0 Å². The Morgan fingerprint density at radius 3 is 3.40 bits per heavy atom. The molecule has 0 fully saturated rings. The van der Waals surface area contributed by atoms with Crippen molar-refractivity contribution in [3.8, 4) is 0 Å². The topological polar surface area (TPSA) is 41.6 Å². The maximum absolute atomic E-state index is 4.14. The van der Waals surface area contributed by atoms with E-state index in [1.165, 1.54) is 0 Å². The molecule has 0 aliphatic heterocycles. The van der Waals surface area contributed by atoms with Crippen LogP contribution in [0.2, 0.25) is 0 Å². The average molecular weight is 132 g/mol. The van der Waals surface area contributed by atoms with E-state index < -0.39 is 0 Å². The van der Waals surface area contributed by atoms with Crippen molar-refractivity contribution < 1.29 is 0 Å². The molecule has 0 amide bonds. The molecule has 2 aromatic rings. The lowest BCUT2D eigenvalue weighted by Gasteiger charge is -1.88. The summed E-state index contributed by atoms with van der Waals surface area (Å²) in [5, 5.41) is 0.936. The Labute approximate surface area is 58.1 Å². The van der Waals surface area contributed by atoms with Gasteiger partial charge in [0.15, 0.2) is 0 Å². The molecule has 10 heavy (non-hydrogen) atoms. The Kier molecular flexibility index (Phi) is 0.974. The second kappa shape index (κ2) is 1.80. The van der Waals surface area contributed by atoms with Gasteiger partial charge in [-0.3, -0.25) is 0 Å². The highest BCUT2D eigenvalue weighted by atomic mass is 14.9. The molecule has 0 saturated carbocycles. The Balaban J connectivity index is 2.86. The first-order chi connectivity index (χ1) is 4.86. The predicted molar refractivity (Wildman–Crippen MR) is 37.5 cm³/mol. The first kappa shape index (κ1) is 5.41. The van der Waals surface area contributed by atoms with Crippen LogP contribution < -0.4 is 0 Å². The van der Waals surface area contributed by atoms with Gasteiger partial charge in [-0.25, -0.2) is 9.97 Å². The van der Waals surface area contributed by atoms with Gasteiger partial charge in [-0.05, 0) is 13.0 Å². The summed E-state index contributed by atoms with van der Waals surface area (Å²) in [7, 11) is 0. The zero-order valence-electron chi connectivity index (χ0n) is 5.55. The molecule has 0 spiro atoms. The van der Waals surface area contributed by atoms with Crippen molar-refractivity contribution in [2.45, 2.75) is 6.92 Å². The summed E-state index contributed by atoms with van der Waals surface area (Å²) in [6, 6.07) is 1.90. The van der Waals surface area contributed by atoms with Gasteiger partial charge in [0.2, 0.25) is 0 Å². The van der Waals surface area contributed by atoms with Gasteiger partial charge in [-0.15, -0.1) is 0 Å². The number of aryl methyl sites for hydroxylation is 1. The summed E-state index contributed by atoms with van der Waals surface area (Å²) in [6.07, 6.45) is 4.68. The Hall–Kier alpha value is -1.38. The molecule has 2 aromatic heterocycles. The van der Waals surface area contributed by atoms with Crippen LogP contribution in [-0.2, 0) is 0 Å². The zero-order valence-corrected chi connectivity index (χ0v) is 5.55. The number of hydrogen-bond acceptors (Lipinski definition) is 2. The van der Waals surface area contributed by atoms with E-state index in [-0.39, 0.29) is 0 Å². The SMILES string of the molecule is Cc1n[c]c2cc[nH]c2n1. The lowest BCUT2D eigenvalue weighted by molar-refractivity contribution is 1.07. The molecular formula is C7H6N3. The van der Waals surface area contributed by atoms with Gasteiger partial charge in [0, 0.05) is 11.6 Å². The average Bonchev–Trinajstić information content (AvgIpc) is 2.33. The van der Waals surface area contributed by atoms with Crippen molar-refractivity contribution in [1.82, 2.24) is 15.0 Å². The van der Waals surface area contributed by atoms with Gasteiger partial charge in [0.25, 0.3) is 0 Å². The second-order valence-corrected chi connectivity index (χ2v) is 2.12. The van der Waals surface area contributed by atoms with Crippen LogP contribution in [0, 0.1) is 13.1 Å². The highest BCUT2D eigenvalue weighted by Crippen LogP contribution is 2.05. The number of aromatic amines is 1. The lowest BCUT2D eigenvalue weighted by Crippen LogP contribution is -1.85. The van der Waals surface area contributed by atoms with Crippen molar-refractivity contribution in [2.24, 2.45) is 0 Å². The minimum Gasteiger partial charge on any atom is -0.346 e. The van der Waals surface area contributed by atoms with Gasteiger partial charge in [-0.2, -0.15) is 0 Å². The fraction of sp³-hybridized carbons (Fsp3) is 0.143. The summed E-state index contributed by atoms with van der Waals surface area (Å²) in [5.74, 6) is 0.745. The molecule has 0 saturated heterocycles. The fourth-order valence-corrected chi connectivity index (χ4v) is 0.871. The largest absolute Gasteiger partial charge is 0.346 e. The first-order valence-corrected chi connectivity index (χ1v) is 3.06. The highest BCUT2D eigenvalue weighted by molar-refractivity contribution is 5.73. The quantitative estimate of drug-likeness (QED) is 0.582. The number of nitrogens with one attached hydrogen (secondary N) is 1. The second-order valence-electron chi connectivity index (χ2n) is 2.12. The number of H-pyrrole nitrogens is 1. The molecular weight excluding hydrogens is 126 g/mol. The molecule has 2 rings (SSSR count). The van der Waals surface area contributed by atoms with Gasteiger partial charge in [0.05, 0.1) is 0 Å². The maximum atomic E-state index is 4.14. The molecule has 49 valence electrons. The van der Waals surface area contributed by atoms with Gasteiger partial charge < -0.3 is 4.98 Å². The zero-order chi connectivity index (χ0) is 6.97. The number of aromatic nitrogens is 3. The van der Waals surface area contributed by atoms with Crippen molar-refractivity contribution >= 4 is 11.0 Å². The summed E-state index contributed by atoms with van der Waals surface area (Å²) in [4.78, 5) is 11.0. The number of nitrogens with zero attached hydrogens (tertiary/aromatic N) is 2. The molecule has 1 N–H and O–H groups in total. The van der Waals surface area contributed by atoms with E-state index in [0.29, 0.717) is 0 Å². The van der Waals surface area contributed by atoms with Crippen LogP contribution in [0.3, 0.4) is 0 Å². The molecule has 0 bridgehead atoms. The molecule has 0 aliphatic rings. The van der Waals surface area contributed by atoms with Crippen LogP contribution in [-0.4, -0.2) is 15.0 Å². The molecule has 0 aliphatic carbocycles. The molecule has 0 aromatic carbocycles. The Morgan fingerprint density at radius 2 is 2.50 bits per heavy atom. The van der Waals surface area contributed by atoms with E-state index in [0.717, 1.165) is 16.9 Å². The number of hydrogen-bond donors (Lipinski definition) is 1. The number of fused-ring (bicyclic) bond motifs is 1. The normalized spacial score (nSPS) is 10.5. The van der Waals surface area contributed by atoms with E-state index in [4.69, 9.17) is 0 Å². The summed E-state index contributed by atoms with van der Waals surface area (Å²) in [6.45, 7) is 1.84. The van der Waals surface area contributed by atoms with Crippen LogP contribution in [0.4, 0.5) is 0 Å². The fourth-order valence-electron chi connectivity index (χ4n) is 0.871. The van der Waals surface area contributed by atoms with Crippen LogP contribution in [0.1, 0.15) is 5.82 Å². The minimum atomic E-state index is 0.745. The molecule has 0 atom stereocenters. The number of rotatable bonds is 0. The minimum absolute atomic E-state index is 0.745. The van der Waals surface area contributed by atoms with E-state index >= 15 is 0 Å². The highest BCUT2D eigenvalue weighted by Gasteiger charge is 1.94.